The molecule has 0 saturated heterocycles. The summed E-state index contributed by atoms with van der Waals surface area (Å²) >= 11 is 6.08. The van der Waals surface area contributed by atoms with Crippen LogP contribution in [0.15, 0.2) is 95.3 Å². The molecule has 3 aromatic carbocycles. The summed E-state index contributed by atoms with van der Waals surface area (Å²) in [6.45, 7) is 2.03. The summed E-state index contributed by atoms with van der Waals surface area (Å²) in [5.74, 6) is -0.416. The number of carbonyl (C=O) groups is 2. The normalized spacial score (nSPS) is 18.6. The number of benzene rings is 3. The summed E-state index contributed by atoms with van der Waals surface area (Å²) in [6, 6.07) is 21.7. The number of nitrogens with one attached hydrogen (secondary N) is 1. The zero-order valence-electron chi connectivity index (χ0n) is 22.3. The number of hydrogen-bond donors (Lipinski definition) is 2. The Hall–Kier alpha value is -4.23. The molecular weight excluding hydrogens is 530 g/mol. The molecule has 2 atom stereocenters. The fourth-order valence-electron chi connectivity index (χ4n) is 5.38. The molecule has 40 heavy (non-hydrogen) atoms. The Labute approximate surface area is 238 Å². The van der Waals surface area contributed by atoms with Crippen LogP contribution >= 0.6 is 11.6 Å². The number of ether oxygens (including phenoxy) is 3. The first-order valence-electron chi connectivity index (χ1n) is 13.1. The standard InChI is InChI=1S/C32H30ClNO6/c1-19-29(32(37)40-15-14-39-24-6-4-3-5-7-24)30(21-10-13-26(35)28(18-21)38-2)31-25(34-19)16-22(17-27(31)36)20-8-11-23(33)12-9-20/h3-13,18,22,30,34-35H,14-17H2,1-2H3/t22-,30+/m1/s1. The molecule has 7 nitrogen and oxygen atoms in total. The van der Waals surface area contributed by atoms with Gasteiger partial charge in [-0.2, -0.15) is 0 Å². The molecule has 0 spiro atoms. The Morgan fingerprint density at radius 3 is 2.45 bits per heavy atom. The lowest BCUT2D eigenvalue weighted by atomic mass is 9.71. The van der Waals surface area contributed by atoms with Gasteiger partial charge < -0.3 is 24.6 Å². The molecule has 206 valence electrons. The van der Waals surface area contributed by atoms with Crippen LogP contribution in [0.2, 0.25) is 5.02 Å². The van der Waals surface area contributed by atoms with Crippen LogP contribution in [0.5, 0.6) is 17.2 Å². The number of allylic oxidation sites excluding steroid dienone is 3. The largest absolute Gasteiger partial charge is 0.504 e. The van der Waals surface area contributed by atoms with Gasteiger partial charge in [-0.1, -0.05) is 48.0 Å². The van der Waals surface area contributed by atoms with Crippen molar-refractivity contribution in [2.24, 2.45) is 0 Å². The van der Waals surface area contributed by atoms with Crippen LogP contribution in [-0.2, 0) is 14.3 Å². The van der Waals surface area contributed by atoms with E-state index in [1.54, 1.807) is 12.1 Å². The second-order valence-corrected chi connectivity index (χ2v) is 10.2. The van der Waals surface area contributed by atoms with Gasteiger partial charge in [0.2, 0.25) is 0 Å². The predicted molar refractivity (Wildman–Crippen MR) is 152 cm³/mol. The van der Waals surface area contributed by atoms with Crippen molar-refractivity contribution in [3.63, 3.8) is 0 Å². The number of hydrogen-bond acceptors (Lipinski definition) is 7. The van der Waals surface area contributed by atoms with Crippen molar-refractivity contribution in [3.8, 4) is 17.2 Å². The summed E-state index contributed by atoms with van der Waals surface area (Å²) < 4.78 is 16.6. The van der Waals surface area contributed by atoms with Gasteiger partial charge in [-0.25, -0.2) is 4.79 Å². The summed E-state index contributed by atoms with van der Waals surface area (Å²) in [5, 5.41) is 14.2. The molecule has 0 aromatic heterocycles. The number of dihydropyridines is 1. The fourth-order valence-corrected chi connectivity index (χ4v) is 5.50. The number of phenols is 1. The zero-order valence-corrected chi connectivity index (χ0v) is 23.0. The molecule has 2 aliphatic rings. The van der Waals surface area contributed by atoms with Crippen molar-refractivity contribution in [3.05, 3.63) is 111 Å². The Morgan fingerprint density at radius 1 is 1.00 bits per heavy atom. The van der Waals surface area contributed by atoms with Gasteiger partial charge in [-0.3, -0.25) is 4.79 Å². The third kappa shape index (κ3) is 5.70. The van der Waals surface area contributed by atoms with E-state index < -0.39 is 11.9 Å². The molecule has 5 rings (SSSR count). The first-order chi connectivity index (χ1) is 19.4. The number of esters is 1. The van der Waals surface area contributed by atoms with E-state index in [2.05, 4.69) is 5.32 Å². The van der Waals surface area contributed by atoms with Gasteiger partial charge >= 0.3 is 5.97 Å². The highest BCUT2D eigenvalue weighted by Crippen LogP contribution is 2.47. The van der Waals surface area contributed by atoms with E-state index in [-0.39, 0.29) is 36.4 Å². The highest BCUT2D eigenvalue weighted by molar-refractivity contribution is 6.30. The minimum atomic E-state index is -0.688. The topological polar surface area (TPSA) is 94.1 Å². The van der Waals surface area contributed by atoms with Crippen LogP contribution in [0.25, 0.3) is 0 Å². The number of carbonyl (C=O) groups excluding carboxylic acids is 2. The predicted octanol–water partition coefficient (Wildman–Crippen LogP) is 6.04. The molecule has 8 heteroatoms. The smallest absolute Gasteiger partial charge is 0.336 e. The second kappa shape index (κ2) is 11.9. The Balaban J connectivity index is 1.45. The summed E-state index contributed by atoms with van der Waals surface area (Å²) in [4.78, 5) is 27.3. The molecule has 0 fully saturated rings. The molecule has 1 heterocycles. The molecule has 3 aromatic rings. The van der Waals surface area contributed by atoms with Gasteiger partial charge in [0, 0.05) is 34.3 Å². The van der Waals surface area contributed by atoms with Gasteiger partial charge in [0.15, 0.2) is 17.3 Å². The van der Waals surface area contributed by atoms with E-state index in [0.29, 0.717) is 46.0 Å². The SMILES string of the molecule is COc1cc([C@H]2C(C(=O)OCCOc3ccccc3)=C(C)NC3=C2C(=O)C[C@H](c2ccc(Cl)cc2)C3)ccc1O. The molecule has 1 aliphatic carbocycles. The Bertz CT molecular complexity index is 1480. The van der Waals surface area contributed by atoms with Crippen molar-refractivity contribution in [1.82, 2.24) is 5.32 Å². The van der Waals surface area contributed by atoms with Gasteiger partial charge in [0.1, 0.15) is 19.0 Å². The first-order valence-corrected chi connectivity index (χ1v) is 13.4. The number of aromatic hydroxyl groups is 1. The van der Waals surface area contributed by atoms with Crippen LogP contribution in [0.3, 0.4) is 0 Å². The average Bonchev–Trinajstić information content (AvgIpc) is 2.95. The van der Waals surface area contributed by atoms with Crippen molar-refractivity contribution >= 4 is 23.4 Å². The summed E-state index contributed by atoms with van der Waals surface area (Å²) in [5.41, 5.74) is 3.91. The maximum absolute atomic E-state index is 13.8. The maximum atomic E-state index is 13.8. The molecule has 2 N–H and O–H groups in total. The molecule has 0 unspecified atom stereocenters. The number of methoxy groups -OCH3 is 1. The minimum Gasteiger partial charge on any atom is -0.504 e. The van der Waals surface area contributed by atoms with E-state index in [1.165, 1.54) is 13.2 Å². The van der Waals surface area contributed by atoms with Crippen molar-refractivity contribution in [2.45, 2.75) is 31.6 Å². The van der Waals surface area contributed by atoms with Gasteiger partial charge in [-0.15, -0.1) is 0 Å². The van der Waals surface area contributed by atoms with E-state index in [0.717, 1.165) is 11.3 Å². The van der Waals surface area contributed by atoms with Crippen molar-refractivity contribution in [2.75, 3.05) is 20.3 Å². The molecule has 0 amide bonds. The fraction of sp³-hybridized carbons (Fsp3) is 0.250. The number of phenolic OH excluding ortho intramolecular Hbond substituents is 1. The highest BCUT2D eigenvalue weighted by Gasteiger charge is 2.41. The molecular formula is C32H30ClNO6. The number of halogens is 1. The highest BCUT2D eigenvalue weighted by atomic mass is 35.5. The molecule has 1 aliphatic heterocycles. The summed E-state index contributed by atoms with van der Waals surface area (Å²) in [6.07, 6.45) is 0.888. The van der Waals surface area contributed by atoms with Crippen molar-refractivity contribution < 1.29 is 28.9 Å². The third-order valence-electron chi connectivity index (χ3n) is 7.25. The van der Waals surface area contributed by atoms with Gasteiger partial charge in [0.25, 0.3) is 0 Å². The minimum absolute atomic E-state index is 0.0255. The lowest BCUT2D eigenvalue weighted by Gasteiger charge is -2.36. The van der Waals surface area contributed by atoms with E-state index in [4.69, 9.17) is 25.8 Å². The first kappa shape index (κ1) is 27.3. The van der Waals surface area contributed by atoms with Crippen LogP contribution in [0.1, 0.15) is 42.7 Å². The van der Waals surface area contributed by atoms with Crippen LogP contribution in [0.4, 0.5) is 0 Å². The van der Waals surface area contributed by atoms with E-state index in [1.807, 2.05) is 61.5 Å². The van der Waals surface area contributed by atoms with Crippen LogP contribution in [-0.4, -0.2) is 37.2 Å². The van der Waals surface area contributed by atoms with Crippen LogP contribution in [0, 0.1) is 0 Å². The van der Waals surface area contributed by atoms with Gasteiger partial charge in [0.05, 0.1) is 12.7 Å². The third-order valence-corrected chi connectivity index (χ3v) is 7.51. The van der Waals surface area contributed by atoms with Crippen molar-refractivity contribution in [1.29, 1.82) is 0 Å². The Morgan fingerprint density at radius 2 is 1.73 bits per heavy atom. The maximum Gasteiger partial charge on any atom is 0.336 e. The summed E-state index contributed by atoms with van der Waals surface area (Å²) in [7, 11) is 1.46. The van der Waals surface area contributed by atoms with E-state index >= 15 is 0 Å². The van der Waals surface area contributed by atoms with Crippen LogP contribution < -0.4 is 14.8 Å². The number of para-hydroxylation sites is 1. The van der Waals surface area contributed by atoms with Gasteiger partial charge in [-0.05, 0) is 66.8 Å². The molecule has 0 radical (unpaired) electrons. The number of ketones is 1. The quantitative estimate of drug-likeness (QED) is 0.257. The number of rotatable bonds is 8. The lowest BCUT2D eigenvalue weighted by Crippen LogP contribution is -2.36. The number of Topliss-reactive ketones (excluding diaryl/α,β-unsaturated/α-hetero) is 1. The average molecular weight is 560 g/mol. The zero-order chi connectivity index (χ0) is 28.2. The Kier molecular flexibility index (Phi) is 8.12. The molecule has 0 bridgehead atoms. The van der Waals surface area contributed by atoms with E-state index in [9.17, 15) is 14.7 Å². The molecule has 0 saturated carbocycles. The second-order valence-electron chi connectivity index (χ2n) is 9.80. The monoisotopic (exact) mass is 559 g/mol. The lowest BCUT2D eigenvalue weighted by molar-refractivity contribution is -0.140.